The number of carbonyl (C=O) groups excluding carboxylic acids is 1. The lowest BCUT2D eigenvalue weighted by Gasteiger charge is -2.11. The minimum absolute atomic E-state index is 0.275. The summed E-state index contributed by atoms with van der Waals surface area (Å²) in [6.07, 6.45) is 5.76. The third-order valence-electron chi connectivity index (χ3n) is 2.83. The van der Waals surface area contributed by atoms with Gasteiger partial charge in [-0.25, -0.2) is 0 Å². The van der Waals surface area contributed by atoms with Crippen LogP contribution in [0.3, 0.4) is 0 Å². The summed E-state index contributed by atoms with van der Waals surface area (Å²) in [5, 5.41) is 0. The van der Waals surface area contributed by atoms with Crippen LogP contribution in [-0.4, -0.2) is 19.9 Å². The van der Waals surface area contributed by atoms with Gasteiger partial charge in [-0.3, -0.25) is 4.79 Å². The van der Waals surface area contributed by atoms with Gasteiger partial charge >= 0.3 is 0 Å². The Morgan fingerprint density at radius 1 is 1.25 bits per heavy atom. The van der Waals surface area contributed by atoms with Gasteiger partial charge in [0, 0.05) is 25.7 Å². The first-order valence-electron chi connectivity index (χ1n) is 5.66. The predicted octanol–water partition coefficient (Wildman–Crippen LogP) is 2.74. The Kier molecular flexibility index (Phi) is 3.09. The smallest absolute Gasteiger partial charge is 0.158 e. The quantitative estimate of drug-likeness (QED) is 0.720. The zero-order chi connectivity index (χ0) is 11.5. The average Bonchev–Trinajstić information content (AvgIpc) is 3.10. The summed E-state index contributed by atoms with van der Waals surface area (Å²) in [5.74, 6) is 0.592. The van der Waals surface area contributed by atoms with Crippen LogP contribution in [0.4, 0.5) is 5.69 Å². The summed E-state index contributed by atoms with van der Waals surface area (Å²) in [7, 11) is 4.03. The molecule has 1 saturated carbocycles. The van der Waals surface area contributed by atoms with Crippen molar-refractivity contribution in [1.29, 1.82) is 0 Å². The van der Waals surface area contributed by atoms with Crippen molar-refractivity contribution >= 4 is 17.5 Å². The molecule has 1 aliphatic rings. The average molecular weight is 215 g/mol. The number of carbonyl (C=O) groups is 1. The van der Waals surface area contributed by atoms with Crippen molar-refractivity contribution in [3.8, 4) is 0 Å². The lowest BCUT2D eigenvalue weighted by atomic mass is 10.1. The molecule has 0 saturated heterocycles. The number of hydrogen-bond donors (Lipinski definition) is 0. The van der Waals surface area contributed by atoms with Gasteiger partial charge in [-0.05, 0) is 36.6 Å². The first kappa shape index (κ1) is 10.9. The molecule has 0 unspecified atom stereocenters. The van der Waals surface area contributed by atoms with Gasteiger partial charge in [0.05, 0.1) is 0 Å². The summed E-state index contributed by atoms with van der Waals surface area (Å²) in [4.78, 5) is 13.5. The van der Waals surface area contributed by atoms with E-state index in [4.69, 9.17) is 0 Å². The van der Waals surface area contributed by atoms with E-state index < -0.39 is 0 Å². The zero-order valence-electron chi connectivity index (χ0n) is 9.81. The van der Waals surface area contributed by atoms with E-state index in [1.165, 1.54) is 5.69 Å². The second kappa shape index (κ2) is 4.52. The summed E-state index contributed by atoms with van der Waals surface area (Å²) in [6, 6.07) is 8.18. The van der Waals surface area contributed by atoms with Gasteiger partial charge in [-0.15, -0.1) is 0 Å². The molecule has 0 spiro atoms. The maximum absolute atomic E-state index is 11.5. The van der Waals surface area contributed by atoms with Crippen molar-refractivity contribution in [2.24, 2.45) is 5.92 Å². The monoisotopic (exact) mass is 215 g/mol. The molecule has 0 aromatic heterocycles. The fourth-order valence-electron chi connectivity index (χ4n) is 1.57. The highest BCUT2D eigenvalue weighted by Gasteiger charge is 2.27. The molecule has 1 aliphatic carbocycles. The van der Waals surface area contributed by atoms with Crippen molar-refractivity contribution in [3.05, 3.63) is 35.9 Å². The second-order valence-electron chi connectivity index (χ2n) is 4.50. The maximum atomic E-state index is 11.5. The first-order chi connectivity index (χ1) is 7.66. The number of nitrogens with zero attached hydrogens (tertiary/aromatic N) is 1. The molecule has 84 valence electrons. The molecule has 2 rings (SSSR count). The number of ketones is 1. The molecule has 0 bridgehead atoms. The third-order valence-corrected chi connectivity index (χ3v) is 2.83. The van der Waals surface area contributed by atoms with E-state index in [9.17, 15) is 4.79 Å². The zero-order valence-corrected chi connectivity index (χ0v) is 9.81. The number of rotatable bonds is 4. The van der Waals surface area contributed by atoms with E-state index in [0.29, 0.717) is 5.92 Å². The number of allylic oxidation sites excluding steroid dienone is 1. The Morgan fingerprint density at radius 2 is 1.88 bits per heavy atom. The SMILES string of the molecule is CN(C)c1ccc(C=CC(=O)C2CC2)cc1. The molecular weight excluding hydrogens is 198 g/mol. The van der Waals surface area contributed by atoms with E-state index in [0.717, 1.165) is 18.4 Å². The Morgan fingerprint density at radius 3 is 2.38 bits per heavy atom. The van der Waals surface area contributed by atoms with Gasteiger partial charge in [0.2, 0.25) is 0 Å². The largest absolute Gasteiger partial charge is 0.378 e. The number of anilines is 1. The first-order valence-corrected chi connectivity index (χ1v) is 5.66. The normalized spacial score (nSPS) is 15.4. The molecule has 0 atom stereocenters. The summed E-state index contributed by atoms with van der Waals surface area (Å²) < 4.78 is 0. The number of benzene rings is 1. The van der Waals surface area contributed by atoms with Crippen LogP contribution in [-0.2, 0) is 4.79 Å². The highest BCUT2D eigenvalue weighted by molar-refractivity contribution is 5.96. The van der Waals surface area contributed by atoms with Gasteiger partial charge in [-0.1, -0.05) is 18.2 Å². The fourth-order valence-corrected chi connectivity index (χ4v) is 1.57. The summed E-state index contributed by atoms with van der Waals surface area (Å²) in [5.41, 5.74) is 2.25. The standard InChI is InChI=1S/C14H17NO/c1-15(2)13-8-3-11(4-9-13)5-10-14(16)12-6-7-12/h3-5,8-10,12H,6-7H2,1-2H3. The molecule has 0 heterocycles. The van der Waals surface area contributed by atoms with Crippen LogP contribution >= 0.6 is 0 Å². The fraction of sp³-hybridized carbons (Fsp3) is 0.357. The molecule has 2 nitrogen and oxygen atoms in total. The molecule has 0 N–H and O–H groups in total. The van der Waals surface area contributed by atoms with Crippen LogP contribution in [0.2, 0.25) is 0 Å². The Balaban J connectivity index is 2.01. The van der Waals surface area contributed by atoms with Crippen LogP contribution in [0.5, 0.6) is 0 Å². The van der Waals surface area contributed by atoms with Crippen molar-refractivity contribution in [1.82, 2.24) is 0 Å². The molecule has 1 fully saturated rings. The minimum atomic E-state index is 0.275. The molecular formula is C14H17NO. The maximum Gasteiger partial charge on any atom is 0.158 e. The Hall–Kier alpha value is -1.57. The molecule has 2 heteroatoms. The van der Waals surface area contributed by atoms with Crippen LogP contribution in [0.25, 0.3) is 6.08 Å². The second-order valence-corrected chi connectivity index (χ2v) is 4.50. The highest BCUT2D eigenvalue weighted by Crippen LogP contribution is 2.30. The van der Waals surface area contributed by atoms with Gasteiger partial charge in [0.1, 0.15) is 0 Å². The van der Waals surface area contributed by atoms with Crippen LogP contribution < -0.4 is 4.90 Å². The van der Waals surface area contributed by atoms with Gasteiger partial charge in [0.25, 0.3) is 0 Å². The lowest BCUT2D eigenvalue weighted by molar-refractivity contribution is -0.115. The van der Waals surface area contributed by atoms with Gasteiger partial charge in [-0.2, -0.15) is 0 Å². The van der Waals surface area contributed by atoms with Crippen LogP contribution in [0.1, 0.15) is 18.4 Å². The predicted molar refractivity (Wildman–Crippen MR) is 67.5 cm³/mol. The molecule has 1 aromatic rings. The van der Waals surface area contributed by atoms with E-state index in [-0.39, 0.29) is 5.78 Å². The molecule has 0 aliphatic heterocycles. The molecule has 0 radical (unpaired) electrons. The number of hydrogen-bond acceptors (Lipinski definition) is 2. The summed E-state index contributed by atoms with van der Waals surface area (Å²) >= 11 is 0. The third kappa shape index (κ3) is 2.72. The van der Waals surface area contributed by atoms with Crippen LogP contribution in [0, 0.1) is 5.92 Å². The molecule has 0 amide bonds. The Bertz CT molecular complexity index is 399. The van der Waals surface area contributed by atoms with Gasteiger partial charge < -0.3 is 4.90 Å². The molecule has 1 aromatic carbocycles. The Labute approximate surface area is 96.6 Å². The van der Waals surface area contributed by atoms with Crippen molar-refractivity contribution in [2.45, 2.75) is 12.8 Å². The topological polar surface area (TPSA) is 20.3 Å². The van der Waals surface area contributed by atoms with Crippen molar-refractivity contribution in [3.63, 3.8) is 0 Å². The molecule has 16 heavy (non-hydrogen) atoms. The highest BCUT2D eigenvalue weighted by atomic mass is 16.1. The summed E-state index contributed by atoms with van der Waals surface area (Å²) in [6.45, 7) is 0. The van der Waals surface area contributed by atoms with E-state index >= 15 is 0 Å². The van der Waals surface area contributed by atoms with Gasteiger partial charge in [0.15, 0.2) is 5.78 Å². The van der Waals surface area contributed by atoms with E-state index in [1.54, 1.807) is 6.08 Å². The minimum Gasteiger partial charge on any atom is -0.378 e. The van der Waals surface area contributed by atoms with E-state index in [2.05, 4.69) is 17.0 Å². The van der Waals surface area contributed by atoms with Crippen LogP contribution in [0.15, 0.2) is 30.3 Å². The van der Waals surface area contributed by atoms with E-state index in [1.807, 2.05) is 32.3 Å². The van der Waals surface area contributed by atoms with Crippen molar-refractivity contribution in [2.75, 3.05) is 19.0 Å². The lowest BCUT2D eigenvalue weighted by Crippen LogP contribution is -2.07. The van der Waals surface area contributed by atoms with Crippen molar-refractivity contribution < 1.29 is 4.79 Å².